The van der Waals surface area contributed by atoms with Gasteiger partial charge in [0.05, 0.1) is 0 Å². The Morgan fingerprint density at radius 2 is 1.70 bits per heavy atom. The predicted octanol–water partition coefficient (Wildman–Crippen LogP) is 6.43. The van der Waals surface area contributed by atoms with Crippen molar-refractivity contribution in [2.75, 3.05) is 0 Å². The van der Waals surface area contributed by atoms with Gasteiger partial charge in [-0.25, -0.2) is 0 Å². The first-order valence-corrected chi connectivity index (χ1v) is 9.90. The van der Waals surface area contributed by atoms with Gasteiger partial charge in [0.2, 0.25) is 0 Å². The van der Waals surface area contributed by atoms with E-state index in [9.17, 15) is 0 Å². The molecule has 0 saturated heterocycles. The summed E-state index contributed by atoms with van der Waals surface area (Å²) in [6.45, 7) is 6.84. The molecule has 1 aliphatic rings. The molecule has 1 saturated carbocycles. The van der Waals surface area contributed by atoms with E-state index in [1.165, 1.54) is 87.3 Å². The fourth-order valence-electron chi connectivity index (χ4n) is 3.57. The molecule has 1 aromatic carbocycles. The van der Waals surface area contributed by atoms with Crippen molar-refractivity contribution in [1.82, 2.24) is 0 Å². The highest BCUT2D eigenvalue weighted by Crippen LogP contribution is 2.22. The van der Waals surface area contributed by atoms with Crippen LogP contribution in [0, 0.1) is 6.92 Å². The van der Waals surface area contributed by atoms with Crippen LogP contribution in [-0.4, -0.2) is 12.3 Å². The number of nitrogens with zero attached hydrogens (tertiary/aromatic N) is 1. The Labute approximate surface area is 143 Å². The zero-order chi connectivity index (χ0) is 16.5. The number of hydrogen-bond acceptors (Lipinski definition) is 1. The van der Waals surface area contributed by atoms with Crippen molar-refractivity contribution in [3.63, 3.8) is 0 Å². The van der Waals surface area contributed by atoms with E-state index in [1.54, 1.807) is 5.56 Å². The van der Waals surface area contributed by atoms with Crippen LogP contribution in [0.1, 0.15) is 93.9 Å². The monoisotopic (exact) mass is 313 g/mol. The summed E-state index contributed by atoms with van der Waals surface area (Å²) >= 11 is 0. The number of unbranched alkanes of at least 4 members (excludes halogenated alkanes) is 2. The molecule has 0 N–H and O–H groups in total. The first-order chi connectivity index (χ1) is 11.2. The van der Waals surface area contributed by atoms with Gasteiger partial charge >= 0.3 is 0 Å². The van der Waals surface area contributed by atoms with Gasteiger partial charge in [-0.15, -0.1) is 0 Å². The second kappa shape index (κ2) is 9.90. The first kappa shape index (κ1) is 18.2. The summed E-state index contributed by atoms with van der Waals surface area (Å²) in [5, 5.41) is 0. The van der Waals surface area contributed by atoms with Gasteiger partial charge in [-0.1, -0.05) is 52.0 Å². The van der Waals surface area contributed by atoms with Crippen molar-refractivity contribution >= 4 is 6.21 Å². The Morgan fingerprint density at radius 1 is 1.00 bits per heavy atom. The molecule has 0 atom stereocenters. The quantitative estimate of drug-likeness (QED) is 0.490. The van der Waals surface area contributed by atoms with E-state index < -0.39 is 0 Å². The molecule has 23 heavy (non-hydrogen) atoms. The second-order valence-electron chi connectivity index (χ2n) is 7.25. The summed E-state index contributed by atoms with van der Waals surface area (Å²) < 4.78 is 0. The minimum atomic E-state index is 0.571. The Kier molecular flexibility index (Phi) is 7.85. The van der Waals surface area contributed by atoms with E-state index in [0.29, 0.717) is 6.04 Å². The van der Waals surface area contributed by atoms with Gasteiger partial charge in [-0.3, -0.25) is 4.99 Å². The Hall–Kier alpha value is -1.11. The zero-order valence-electron chi connectivity index (χ0n) is 15.5. The maximum atomic E-state index is 4.93. The molecule has 0 radical (unpaired) electrons. The van der Waals surface area contributed by atoms with Crippen molar-refractivity contribution < 1.29 is 0 Å². The highest BCUT2D eigenvalue weighted by atomic mass is 14.8. The minimum absolute atomic E-state index is 0.571. The van der Waals surface area contributed by atoms with Crippen LogP contribution in [0.5, 0.6) is 0 Å². The second-order valence-corrected chi connectivity index (χ2v) is 7.25. The maximum absolute atomic E-state index is 4.93. The van der Waals surface area contributed by atoms with E-state index in [-0.39, 0.29) is 0 Å². The van der Waals surface area contributed by atoms with Crippen LogP contribution in [0.4, 0.5) is 0 Å². The Bertz CT molecular complexity index is 495. The summed E-state index contributed by atoms with van der Waals surface area (Å²) in [6.07, 6.45) is 16.4. The number of aryl methyl sites for hydroxylation is 2. The summed E-state index contributed by atoms with van der Waals surface area (Å²) in [4.78, 5) is 4.93. The topological polar surface area (TPSA) is 12.4 Å². The van der Waals surface area contributed by atoms with Crippen molar-refractivity contribution in [3.05, 3.63) is 34.4 Å². The van der Waals surface area contributed by atoms with Crippen LogP contribution in [0.3, 0.4) is 0 Å². The fraction of sp³-hybridized carbons (Fsp3) is 0.682. The third kappa shape index (κ3) is 5.79. The summed E-state index contributed by atoms with van der Waals surface area (Å²) in [5.41, 5.74) is 5.88. The van der Waals surface area contributed by atoms with Crippen LogP contribution in [0.15, 0.2) is 17.1 Å². The molecule has 1 nitrogen and oxygen atoms in total. The van der Waals surface area contributed by atoms with Gasteiger partial charge in [0.25, 0.3) is 0 Å². The number of aliphatic imine (C=N–C) groups is 1. The molecule has 0 amide bonds. The highest BCUT2D eigenvalue weighted by Gasteiger charge is 2.12. The van der Waals surface area contributed by atoms with Crippen molar-refractivity contribution in [2.24, 2.45) is 4.99 Å². The molecule has 128 valence electrons. The lowest BCUT2D eigenvalue weighted by molar-refractivity contribution is 0.444. The average molecular weight is 314 g/mol. The molecule has 1 aliphatic carbocycles. The summed E-state index contributed by atoms with van der Waals surface area (Å²) in [5.74, 6) is 0. The van der Waals surface area contributed by atoms with Crippen molar-refractivity contribution in [1.29, 1.82) is 0 Å². The van der Waals surface area contributed by atoms with Crippen molar-refractivity contribution in [3.8, 4) is 0 Å². The third-order valence-electron chi connectivity index (χ3n) is 5.23. The van der Waals surface area contributed by atoms with E-state index in [4.69, 9.17) is 4.99 Å². The minimum Gasteiger partial charge on any atom is -0.289 e. The number of rotatable bonds is 8. The van der Waals surface area contributed by atoms with Crippen LogP contribution in [0.25, 0.3) is 0 Å². The SMILES string of the molecule is CCCCc1cc(C=NC2CCCCC2)c(C)c(CCCC)c1. The predicted molar refractivity (Wildman–Crippen MR) is 103 cm³/mol. The lowest BCUT2D eigenvalue weighted by atomic mass is 9.93. The maximum Gasteiger partial charge on any atom is 0.0499 e. The van der Waals surface area contributed by atoms with E-state index in [1.807, 2.05) is 0 Å². The molecule has 1 heteroatoms. The number of benzene rings is 1. The normalized spacial score (nSPS) is 16.3. The average Bonchev–Trinajstić information content (AvgIpc) is 2.59. The van der Waals surface area contributed by atoms with Gasteiger partial charge in [-0.05, 0) is 73.8 Å². The molecule has 0 spiro atoms. The third-order valence-corrected chi connectivity index (χ3v) is 5.23. The van der Waals surface area contributed by atoms with Gasteiger partial charge in [0, 0.05) is 12.3 Å². The van der Waals surface area contributed by atoms with Crippen LogP contribution in [0.2, 0.25) is 0 Å². The highest BCUT2D eigenvalue weighted by molar-refractivity contribution is 5.82. The summed E-state index contributed by atoms with van der Waals surface area (Å²) in [6, 6.07) is 5.42. The Morgan fingerprint density at radius 3 is 2.39 bits per heavy atom. The van der Waals surface area contributed by atoms with E-state index in [2.05, 4.69) is 39.1 Å². The van der Waals surface area contributed by atoms with Gasteiger partial charge in [0.15, 0.2) is 0 Å². The lowest BCUT2D eigenvalue weighted by Crippen LogP contribution is -2.10. The molecule has 0 bridgehead atoms. The molecular weight excluding hydrogens is 278 g/mol. The molecule has 0 heterocycles. The van der Waals surface area contributed by atoms with Crippen LogP contribution >= 0.6 is 0 Å². The molecule has 1 aromatic rings. The number of hydrogen-bond donors (Lipinski definition) is 0. The van der Waals surface area contributed by atoms with Gasteiger partial charge < -0.3 is 0 Å². The fourth-order valence-corrected chi connectivity index (χ4v) is 3.57. The largest absolute Gasteiger partial charge is 0.289 e. The van der Waals surface area contributed by atoms with Gasteiger partial charge in [-0.2, -0.15) is 0 Å². The molecule has 0 aliphatic heterocycles. The van der Waals surface area contributed by atoms with E-state index >= 15 is 0 Å². The van der Waals surface area contributed by atoms with Gasteiger partial charge in [0.1, 0.15) is 0 Å². The van der Waals surface area contributed by atoms with Crippen LogP contribution in [-0.2, 0) is 12.8 Å². The van der Waals surface area contributed by atoms with Crippen LogP contribution < -0.4 is 0 Å². The zero-order valence-corrected chi connectivity index (χ0v) is 15.5. The molecule has 1 fully saturated rings. The van der Waals surface area contributed by atoms with Crippen molar-refractivity contribution in [2.45, 2.75) is 97.4 Å². The molecule has 2 rings (SSSR count). The molecular formula is C22H35N. The standard InChI is InChI=1S/C22H35N/c1-4-6-11-19-15-20(12-7-5-2)18(3)21(16-19)17-23-22-13-9-8-10-14-22/h15-17,22H,4-14H2,1-3H3. The summed E-state index contributed by atoms with van der Waals surface area (Å²) in [7, 11) is 0. The Balaban J connectivity index is 2.18. The smallest absolute Gasteiger partial charge is 0.0499 e. The molecule has 0 unspecified atom stereocenters. The first-order valence-electron chi connectivity index (χ1n) is 9.90. The van der Waals surface area contributed by atoms with E-state index in [0.717, 1.165) is 0 Å². The molecule has 0 aromatic heterocycles. The lowest BCUT2D eigenvalue weighted by Gasteiger charge is -2.18.